The first-order chi connectivity index (χ1) is 11.0. The quantitative estimate of drug-likeness (QED) is 0.754. The van der Waals surface area contributed by atoms with Crippen LogP contribution in [0.25, 0.3) is 0 Å². The summed E-state index contributed by atoms with van der Waals surface area (Å²) in [7, 11) is -3.43. The van der Waals surface area contributed by atoms with Crippen molar-refractivity contribution in [1.29, 1.82) is 0 Å². The summed E-state index contributed by atoms with van der Waals surface area (Å²) in [6, 6.07) is 14.7. The zero-order valence-electron chi connectivity index (χ0n) is 13.6. The lowest BCUT2D eigenvalue weighted by Gasteiger charge is -2.10. The molecule has 0 amide bonds. The third kappa shape index (κ3) is 5.08. The Labute approximate surface area is 138 Å². The third-order valence-electron chi connectivity index (χ3n) is 3.52. The predicted molar refractivity (Wildman–Crippen MR) is 92.3 cm³/mol. The van der Waals surface area contributed by atoms with Gasteiger partial charge in [0.1, 0.15) is 5.75 Å². The first-order valence-corrected chi connectivity index (χ1v) is 9.28. The Morgan fingerprint density at radius 3 is 2.43 bits per heavy atom. The highest BCUT2D eigenvalue weighted by Crippen LogP contribution is 2.19. The van der Waals surface area contributed by atoms with Crippen LogP contribution in [0.1, 0.15) is 24.5 Å². The largest absolute Gasteiger partial charge is 0.494 e. The van der Waals surface area contributed by atoms with Gasteiger partial charge in [-0.3, -0.25) is 0 Å². The maximum absolute atomic E-state index is 12.2. The number of aryl methyl sites for hydroxylation is 2. The van der Waals surface area contributed by atoms with Gasteiger partial charge in [0.2, 0.25) is 10.0 Å². The van der Waals surface area contributed by atoms with Crippen molar-refractivity contribution in [1.82, 2.24) is 4.72 Å². The van der Waals surface area contributed by atoms with E-state index in [1.54, 1.807) is 24.3 Å². The van der Waals surface area contributed by atoms with Gasteiger partial charge < -0.3 is 4.74 Å². The second-order valence-corrected chi connectivity index (χ2v) is 7.12. The van der Waals surface area contributed by atoms with Gasteiger partial charge in [0, 0.05) is 6.54 Å². The van der Waals surface area contributed by atoms with Crippen LogP contribution in [0, 0.1) is 6.92 Å². The first kappa shape index (κ1) is 17.5. The molecule has 0 unspecified atom stereocenters. The second kappa shape index (κ2) is 8.13. The van der Waals surface area contributed by atoms with Gasteiger partial charge in [-0.25, -0.2) is 13.1 Å². The molecule has 0 saturated carbocycles. The Morgan fingerprint density at radius 1 is 1.04 bits per heavy atom. The average molecular weight is 333 g/mol. The molecule has 0 atom stereocenters. The molecule has 124 valence electrons. The molecule has 0 aliphatic rings. The molecular weight excluding hydrogens is 310 g/mol. The molecule has 1 N–H and O–H groups in total. The van der Waals surface area contributed by atoms with Gasteiger partial charge in [-0.2, -0.15) is 0 Å². The number of para-hydroxylation sites is 1. The Bertz CT molecular complexity index is 724. The average Bonchev–Trinajstić information content (AvgIpc) is 2.54. The number of rotatable bonds is 8. The minimum atomic E-state index is -3.43. The topological polar surface area (TPSA) is 55.4 Å². The van der Waals surface area contributed by atoms with Crippen molar-refractivity contribution in [2.75, 3.05) is 13.2 Å². The van der Waals surface area contributed by atoms with E-state index in [1.807, 2.05) is 38.1 Å². The van der Waals surface area contributed by atoms with Gasteiger partial charge in [0.05, 0.1) is 11.5 Å². The van der Waals surface area contributed by atoms with E-state index in [0.29, 0.717) is 18.0 Å². The summed E-state index contributed by atoms with van der Waals surface area (Å²) in [5, 5.41) is 0. The molecule has 0 radical (unpaired) electrons. The van der Waals surface area contributed by atoms with Gasteiger partial charge in [0.15, 0.2) is 0 Å². The number of hydrogen-bond acceptors (Lipinski definition) is 3. The van der Waals surface area contributed by atoms with Crippen molar-refractivity contribution in [3.63, 3.8) is 0 Å². The van der Waals surface area contributed by atoms with E-state index in [2.05, 4.69) is 4.72 Å². The third-order valence-corrected chi connectivity index (χ3v) is 5.00. The van der Waals surface area contributed by atoms with E-state index in [9.17, 15) is 8.42 Å². The van der Waals surface area contributed by atoms with E-state index in [1.165, 1.54) is 0 Å². The molecule has 5 heteroatoms. The summed E-state index contributed by atoms with van der Waals surface area (Å²) in [5.74, 6) is 0.872. The lowest BCUT2D eigenvalue weighted by molar-refractivity contribution is 0.336. The maximum atomic E-state index is 12.2. The summed E-state index contributed by atoms with van der Waals surface area (Å²) in [5.41, 5.74) is 2.14. The Morgan fingerprint density at radius 2 is 1.74 bits per heavy atom. The molecule has 2 rings (SSSR count). The van der Waals surface area contributed by atoms with Crippen LogP contribution in [0.3, 0.4) is 0 Å². The highest BCUT2D eigenvalue weighted by Gasteiger charge is 2.12. The number of nitrogens with one attached hydrogen (secondary N) is 1. The fraction of sp³-hybridized carbons (Fsp3) is 0.333. The van der Waals surface area contributed by atoms with E-state index < -0.39 is 10.0 Å². The zero-order chi connectivity index (χ0) is 16.7. The Hall–Kier alpha value is -1.85. The summed E-state index contributed by atoms with van der Waals surface area (Å²) < 4.78 is 32.6. The normalized spacial score (nSPS) is 11.4. The lowest BCUT2D eigenvalue weighted by atomic mass is 10.1. The van der Waals surface area contributed by atoms with Crippen LogP contribution in [0.15, 0.2) is 53.4 Å². The van der Waals surface area contributed by atoms with E-state index >= 15 is 0 Å². The van der Waals surface area contributed by atoms with Crippen LogP contribution in [0.2, 0.25) is 0 Å². The molecule has 0 heterocycles. The van der Waals surface area contributed by atoms with Gasteiger partial charge in [-0.15, -0.1) is 0 Å². The number of sulfonamides is 1. The monoisotopic (exact) mass is 333 g/mol. The van der Waals surface area contributed by atoms with Gasteiger partial charge in [-0.05, 0) is 50.5 Å². The van der Waals surface area contributed by atoms with Crippen molar-refractivity contribution >= 4 is 10.0 Å². The van der Waals surface area contributed by atoms with Crippen molar-refractivity contribution in [3.8, 4) is 5.75 Å². The maximum Gasteiger partial charge on any atom is 0.240 e. The molecule has 0 spiro atoms. The van der Waals surface area contributed by atoms with Crippen LogP contribution in [0.4, 0.5) is 0 Å². The van der Waals surface area contributed by atoms with Crippen LogP contribution in [0.5, 0.6) is 5.75 Å². The highest BCUT2D eigenvalue weighted by atomic mass is 32.2. The molecule has 0 saturated heterocycles. The molecule has 4 nitrogen and oxygen atoms in total. The van der Waals surface area contributed by atoms with Crippen molar-refractivity contribution < 1.29 is 13.2 Å². The Balaban J connectivity index is 1.89. The van der Waals surface area contributed by atoms with Crippen LogP contribution in [-0.4, -0.2) is 21.6 Å². The standard InChI is InChI=1S/C18H23NO3S/c1-3-22-18-9-5-4-7-16(18)8-6-14-19-23(20,21)17-12-10-15(2)11-13-17/h4-5,7,9-13,19H,3,6,8,14H2,1-2H3. The molecule has 2 aromatic carbocycles. The first-order valence-electron chi connectivity index (χ1n) is 7.80. The van der Waals surface area contributed by atoms with Gasteiger partial charge in [-0.1, -0.05) is 35.9 Å². The molecule has 0 aliphatic heterocycles. The fourth-order valence-corrected chi connectivity index (χ4v) is 3.37. The van der Waals surface area contributed by atoms with Crippen LogP contribution < -0.4 is 9.46 Å². The number of hydrogen-bond donors (Lipinski definition) is 1. The van der Waals surface area contributed by atoms with E-state index in [4.69, 9.17) is 4.74 Å². The van der Waals surface area contributed by atoms with Crippen molar-refractivity contribution in [2.45, 2.75) is 31.6 Å². The zero-order valence-corrected chi connectivity index (χ0v) is 14.4. The predicted octanol–water partition coefficient (Wildman–Crippen LogP) is 3.30. The van der Waals surface area contributed by atoms with Gasteiger partial charge in [0.25, 0.3) is 0 Å². The summed E-state index contributed by atoms with van der Waals surface area (Å²) in [4.78, 5) is 0.304. The Kier molecular flexibility index (Phi) is 6.19. The number of ether oxygens (including phenoxy) is 1. The molecular formula is C18H23NO3S. The molecule has 2 aromatic rings. The minimum Gasteiger partial charge on any atom is -0.494 e. The second-order valence-electron chi connectivity index (χ2n) is 5.36. The van der Waals surface area contributed by atoms with Crippen LogP contribution in [-0.2, 0) is 16.4 Å². The molecule has 0 aromatic heterocycles. The van der Waals surface area contributed by atoms with Crippen molar-refractivity contribution in [2.24, 2.45) is 0 Å². The molecule has 0 aliphatic carbocycles. The molecule has 0 bridgehead atoms. The molecule has 0 fully saturated rings. The highest BCUT2D eigenvalue weighted by molar-refractivity contribution is 7.89. The summed E-state index contributed by atoms with van der Waals surface area (Å²) in [6.45, 7) is 4.90. The fourth-order valence-electron chi connectivity index (χ4n) is 2.29. The van der Waals surface area contributed by atoms with Gasteiger partial charge >= 0.3 is 0 Å². The summed E-state index contributed by atoms with van der Waals surface area (Å²) >= 11 is 0. The smallest absolute Gasteiger partial charge is 0.240 e. The lowest BCUT2D eigenvalue weighted by Crippen LogP contribution is -2.25. The summed E-state index contributed by atoms with van der Waals surface area (Å²) in [6.07, 6.45) is 1.49. The van der Waals surface area contributed by atoms with E-state index in [-0.39, 0.29) is 0 Å². The van der Waals surface area contributed by atoms with Crippen molar-refractivity contribution in [3.05, 3.63) is 59.7 Å². The minimum absolute atomic E-state index is 0.304. The molecule has 23 heavy (non-hydrogen) atoms. The van der Waals surface area contributed by atoms with Crippen LogP contribution >= 0.6 is 0 Å². The van der Waals surface area contributed by atoms with E-state index in [0.717, 1.165) is 29.7 Å². The number of benzene rings is 2. The SMILES string of the molecule is CCOc1ccccc1CCCNS(=O)(=O)c1ccc(C)cc1.